The van der Waals surface area contributed by atoms with Crippen molar-refractivity contribution in [3.05, 3.63) is 0 Å². The fraction of sp³-hybridized carbons (Fsp3) is 0.846. The van der Waals surface area contributed by atoms with E-state index >= 15 is 0 Å². The predicted octanol–water partition coefficient (Wildman–Crippen LogP) is 0.881. The first kappa shape index (κ1) is 15.8. The minimum atomic E-state index is -0.828. The van der Waals surface area contributed by atoms with E-state index in [2.05, 4.69) is 22.6 Å². The highest BCUT2D eigenvalue weighted by molar-refractivity contribution is 5.74. The molecule has 0 saturated carbocycles. The van der Waals surface area contributed by atoms with Crippen LogP contribution in [0.25, 0.3) is 0 Å². The minimum Gasteiger partial charge on any atom is -0.481 e. The highest BCUT2D eigenvalue weighted by atomic mass is 16.4. The molecule has 0 aliphatic carbocycles. The number of piperidine rings is 1. The summed E-state index contributed by atoms with van der Waals surface area (Å²) < 4.78 is 0. The lowest BCUT2D eigenvalue weighted by Crippen LogP contribution is -2.47. The van der Waals surface area contributed by atoms with Crippen molar-refractivity contribution < 1.29 is 14.7 Å². The molecule has 1 aliphatic rings. The number of likely N-dealkylation sites (N-methyl/N-ethyl adjacent to an activating group) is 1. The molecule has 19 heavy (non-hydrogen) atoms. The molecule has 110 valence electrons. The predicted molar refractivity (Wildman–Crippen MR) is 73.1 cm³/mol. The number of urea groups is 1. The first-order valence-corrected chi connectivity index (χ1v) is 6.95. The first-order valence-electron chi connectivity index (χ1n) is 6.95. The van der Waals surface area contributed by atoms with Gasteiger partial charge in [0.15, 0.2) is 0 Å². The number of aliphatic carboxylic acids is 1. The smallest absolute Gasteiger partial charge is 0.314 e. The lowest BCUT2D eigenvalue weighted by molar-refractivity contribution is -0.141. The van der Waals surface area contributed by atoms with E-state index in [0.717, 1.165) is 13.0 Å². The Morgan fingerprint density at radius 1 is 1.37 bits per heavy atom. The average molecular weight is 271 g/mol. The van der Waals surface area contributed by atoms with Crippen molar-refractivity contribution in [3.63, 3.8) is 0 Å². The van der Waals surface area contributed by atoms with Gasteiger partial charge < -0.3 is 20.6 Å². The molecule has 0 radical (unpaired) electrons. The van der Waals surface area contributed by atoms with Crippen molar-refractivity contribution in [2.45, 2.75) is 38.6 Å². The monoisotopic (exact) mass is 271 g/mol. The summed E-state index contributed by atoms with van der Waals surface area (Å²) in [7, 11) is 2.08. The fourth-order valence-electron chi connectivity index (χ4n) is 2.20. The van der Waals surface area contributed by atoms with Crippen molar-refractivity contribution in [2.75, 3.05) is 26.7 Å². The van der Waals surface area contributed by atoms with E-state index in [1.165, 1.54) is 12.8 Å². The molecule has 1 aliphatic heterocycles. The minimum absolute atomic E-state index is 0.212. The standard InChI is InChI=1S/C13H25N3O3/c1-10(12(17)18)6-7-14-13(19)15-9-11-5-3-4-8-16(11)2/h10-11H,3-9H2,1-2H3,(H,17,18)(H2,14,15,19). The van der Waals surface area contributed by atoms with Crippen molar-refractivity contribution in [3.8, 4) is 0 Å². The molecular formula is C13H25N3O3. The highest BCUT2D eigenvalue weighted by Gasteiger charge is 2.19. The van der Waals surface area contributed by atoms with Crippen LogP contribution in [0.4, 0.5) is 4.79 Å². The first-order chi connectivity index (χ1) is 9.00. The summed E-state index contributed by atoms with van der Waals surface area (Å²) in [5, 5.41) is 14.3. The third kappa shape index (κ3) is 5.92. The summed E-state index contributed by atoms with van der Waals surface area (Å²) >= 11 is 0. The van der Waals surface area contributed by atoms with Crippen LogP contribution in [0, 0.1) is 5.92 Å². The Kier molecular flexibility index (Phi) is 6.62. The van der Waals surface area contributed by atoms with Gasteiger partial charge in [-0.3, -0.25) is 4.79 Å². The van der Waals surface area contributed by atoms with Gasteiger partial charge in [-0.25, -0.2) is 4.79 Å². The SMILES string of the molecule is CC(CCNC(=O)NCC1CCCCN1C)C(=O)O. The van der Waals surface area contributed by atoms with E-state index in [1.54, 1.807) is 6.92 Å². The number of hydrogen-bond donors (Lipinski definition) is 3. The number of rotatable bonds is 6. The van der Waals surface area contributed by atoms with Crippen LogP contribution < -0.4 is 10.6 Å². The van der Waals surface area contributed by atoms with Gasteiger partial charge in [0, 0.05) is 19.1 Å². The van der Waals surface area contributed by atoms with Gasteiger partial charge >= 0.3 is 12.0 Å². The normalized spacial score (nSPS) is 21.7. The maximum absolute atomic E-state index is 11.6. The van der Waals surface area contributed by atoms with E-state index < -0.39 is 11.9 Å². The van der Waals surface area contributed by atoms with Crippen LogP contribution in [-0.2, 0) is 4.79 Å². The molecule has 1 rings (SSSR count). The van der Waals surface area contributed by atoms with Gasteiger partial charge in [0.2, 0.25) is 0 Å². The van der Waals surface area contributed by atoms with Gasteiger partial charge in [0.25, 0.3) is 0 Å². The Labute approximate surface area is 114 Å². The zero-order valence-electron chi connectivity index (χ0n) is 11.8. The Bertz CT molecular complexity index is 310. The van der Waals surface area contributed by atoms with Crippen molar-refractivity contribution in [1.29, 1.82) is 0 Å². The second-order valence-corrected chi connectivity index (χ2v) is 5.29. The van der Waals surface area contributed by atoms with E-state index in [4.69, 9.17) is 5.11 Å². The number of amides is 2. The van der Waals surface area contributed by atoms with Crippen molar-refractivity contribution >= 4 is 12.0 Å². The third-order valence-electron chi connectivity index (χ3n) is 3.70. The number of carbonyl (C=O) groups excluding carboxylic acids is 1. The zero-order valence-corrected chi connectivity index (χ0v) is 11.8. The number of nitrogens with zero attached hydrogens (tertiary/aromatic N) is 1. The van der Waals surface area contributed by atoms with Gasteiger partial charge in [-0.05, 0) is 32.9 Å². The van der Waals surface area contributed by atoms with Crippen LogP contribution in [0.3, 0.4) is 0 Å². The number of hydrogen-bond acceptors (Lipinski definition) is 3. The molecule has 0 bridgehead atoms. The molecule has 1 fully saturated rings. The number of likely N-dealkylation sites (tertiary alicyclic amines) is 1. The van der Waals surface area contributed by atoms with Gasteiger partial charge in [-0.1, -0.05) is 13.3 Å². The summed E-state index contributed by atoms with van der Waals surface area (Å²) in [6.45, 7) is 3.76. The van der Waals surface area contributed by atoms with Gasteiger partial charge in [-0.15, -0.1) is 0 Å². The average Bonchev–Trinajstić information content (AvgIpc) is 2.37. The molecule has 6 heteroatoms. The van der Waals surface area contributed by atoms with E-state index in [9.17, 15) is 9.59 Å². The van der Waals surface area contributed by atoms with Crippen LogP contribution in [0.1, 0.15) is 32.6 Å². The Morgan fingerprint density at radius 2 is 2.11 bits per heavy atom. The second kappa shape index (κ2) is 7.99. The lowest BCUT2D eigenvalue weighted by atomic mass is 10.0. The maximum Gasteiger partial charge on any atom is 0.314 e. The third-order valence-corrected chi connectivity index (χ3v) is 3.70. The summed E-state index contributed by atoms with van der Waals surface area (Å²) in [5.74, 6) is -1.25. The summed E-state index contributed by atoms with van der Waals surface area (Å²) in [6.07, 6.45) is 4.01. The number of carboxylic acid groups (broad SMARTS) is 1. The van der Waals surface area contributed by atoms with E-state index in [1.807, 2.05) is 0 Å². The molecule has 2 atom stereocenters. The molecule has 6 nitrogen and oxygen atoms in total. The number of nitrogens with one attached hydrogen (secondary N) is 2. The molecule has 0 aromatic rings. The van der Waals surface area contributed by atoms with E-state index in [-0.39, 0.29) is 6.03 Å². The number of carboxylic acids is 1. The Balaban J connectivity index is 2.12. The summed E-state index contributed by atoms with van der Waals surface area (Å²) in [6, 6.07) is 0.203. The highest BCUT2D eigenvalue weighted by Crippen LogP contribution is 2.13. The molecule has 1 saturated heterocycles. The van der Waals surface area contributed by atoms with Crippen molar-refractivity contribution in [2.24, 2.45) is 5.92 Å². The second-order valence-electron chi connectivity index (χ2n) is 5.29. The molecule has 2 unspecified atom stereocenters. The van der Waals surface area contributed by atoms with Crippen LogP contribution >= 0.6 is 0 Å². The van der Waals surface area contributed by atoms with E-state index in [0.29, 0.717) is 25.6 Å². The van der Waals surface area contributed by atoms with Gasteiger partial charge in [0.1, 0.15) is 0 Å². The molecular weight excluding hydrogens is 246 g/mol. The summed E-state index contributed by atoms with van der Waals surface area (Å²) in [5.41, 5.74) is 0. The Hall–Kier alpha value is -1.30. The topological polar surface area (TPSA) is 81.7 Å². The zero-order chi connectivity index (χ0) is 14.3. The van der Waals surface area contributed by atoms with Crippen LogP contribution in [0.5, 0.6) is 0 Å². The van der Waals surface area contributed by atoms with Crippen LogP contribution in [0.15, 0.2) is 0 Å². The maximum atomic E-state index is 11.6. The molecule has 3 N–H and O–H groups in total. The summed E-state index contributed by atoms with van der Waals surface area (Å²) in [4.78, 5) is 24.4. The quantitative estimate of drug-likeness (QED) is 0.670. The van der Waals surface area contributed by atoms with Crippen LogP contribution in [-0.4, -0.2) is 54.7 Å². The van der Waals surface area contributed by atoms with Crippen molar-refractivity contribution in [1.82, 2.24) is 15.5 Å². The molecule has 0 aromatic carbocycles. The van der Waals surface area contributed by atoms with Gasteiger partial charge in [-0.2, -0.15) is 0 Å². The lowest BCUT2D eigenvalue weighted by Gasteiger charge is -2.32. The van der Waals surface area contributed by atoms with Crippen LogP contribution in [0.2, 0.25) is 0 Å². The molecule has 2 amide bonds. The molecule has 0 spiro atoms. The molecule has 0 aromatic heterocycles. The fourth-order valence-corrected chi connectivity index (χ4v) is 2.20. The molecule has 1 heterocycles. The number of carbonyl (C=O) groups is 2. The van der Waals surface area contributed by atoms with Gasteiger partial charge in [0.05, 0.1) is 5.92 Å². The largest absolute Gasteiger partial charge is 0.481 e. The Morgan fingerprint density at radius 3 is 2.74 bits per heavy atom.